The van der Waals surface area contributed by atoms with Crippen molar-refractivity contribution in [3.8, 4) is 0 Å². The first-order chi connectivity index (χ1) is 5.75. The van der Waals surface area contributed by atoms with E-state index in [0.29, 0.717) is 11.0 Å². The van der Waals surface area contributed by atoms with E-state index < -0.39 is 0 Å². The van der Waals surface area contributed by atoms with Crippen molar-refractivity contribution in [1.82, 2.24) is 19.9 Å². The van der Waals surface area contributed by atoms with Crippen LogP contribution < -0.4 is 0 Å². The molecule has 0 spiro atoms. The van der Waals surface area contributed by atoms with E-state index in [9.17, 15) is 0 Å². The Morgan fingerprint density at radius 1 is 0.833 bits per heavy atom. The zero-order valence-electron chi connectivity index (χ0n) is 5.70. The number of aromatic nitrogens is 4. The monoisotopic (exact) mass is 200 g/mol. The second-order valence-electron chi connectivity index (χ2n) is 2.05. The molecule has 0 aliphatic rings. The van der Waals surface area contributed by atoms with E-state index in [4.69, 9.17) is 23.2 Å². The zero-order valence-corrected chi connectivity index (χ0v) is 7.21. The molecule has 2 heterocycles. The van der Waals surface area contributed by atoms with Crippen molar-refractivity contribution < 1.29 is 0 Å². The van der Waals surface area contributed by atoms with Gasteiger partial charge in [0.25, 0.3) is 0 Å². The number of fused-ring (bicyclic) bond motifs is 1. The molecule has 0 aromatic carbocycles. The SMILES string of the molecule is Clc1ncc2nc(Cl)ncc2n1. The summed E-state index contributed by atoms with van der Waals surface area (Å²) in [5.74, 6) is 0. The molecule has 0 saturated carbocycles. The molecule has 0 unspecified atom stereocenters. The summed E-state index contributed by atoms with van der Waals surface area (Å²) in [4.78, 5) is 15.3. The summed E-state index contributed by atoms with van der Waals surface area (Å²) in [6.45, 7) is 0. The Bertz CT molecular complexity index is 390. The van der Waals surface area contributed by atoms with Gasteiger partial charge in [-0.25, -0.2) is 19.9 Å². The molecule has 0 saturated heterocycles. The third kappa shape index (κ3) is 1.31. The lowest BCUT2D eigenvalue weighted by Crippen LogP contribution is -1.89. The van der Waals surface area contributed by atoms with Crippen LogP contribution in [0.3, 0.4) is 0 Å². The molecule has 12 heavy (non-hydrogen) atoms. The van der Waals surface area contributed by atoms with Gasteiger partial charge in [0.05, 0.1) is 12.4 Å². The van der Waals surface area contributed by atoms with Crippen LogP contribution in [0, 0.1) is 0 Å². The minimum Gasteiger partial charge on any atom is -0.224 e. The van der Waals surface area contributed by atoms with E-state index in [1.165, 1.54) is 12.4 Å². The van der Waals surface area contributed by atoms with Crippen LogP contribution in [0.4, 0.5) is 0 Å². The summed E-state index contributed by atoms with van der Waals surface area (Å²) in [5, 5.41) is 0.349. The van der Waals surface area contributed by atoms with E-state index in [1.807, 2.05) is 0 Å². The van der Waals surface area contributed by atoms with Crippen LogP contribution in [0.1, 0.15) is 0 Å². The highest BCUT2D eigenvalue weighted by Gasteiger charge is 1.99. The molecule has 2 aromatic heterocycles. The van der Waals surface area contributed by atoms with Crippen LogP contribution in [0.25, 0.3) is 11.0 Å². The fraction of sp³-hybridized carbons (Fsp3) is 0. The summed E-state index contributed by atoms with van der Waals surface area (Å²) in [6.07, 6.45) is 3.00. The maximum Gasteiger partial charge on any atom is 0.223 e. The third-order valence-electron chi connectivity index (χ3n) is 1.27. The van der Waals surface area contributed by atoms with Crippen molar-refractivity contribution in [2.24, 2.45) is 0 Å². The molecule has 0 atom stereocenters. The Morgan fingerprint density at radius 2 is 1.25 bits per heavy atom. The van der Waals surface area contributed by atoms with Gasteiger partial charge in [-0.05, 0) is 23.2 Å². The van der Waals surface area contributed by atoms with Gasteiger partial charge in [-0.15, -0.1) is 0 Å². The number of nitrogens with zero attached hydrogens (tertiary/aromatic N) is 4. The molecular weight excluding hydrogens is 199 g/mol. The Morgan fingerprint density at radius 3 is 1.67 bits per heavy atom. The Hall–Kier alpha value is -1.00. The summed E-state index contributed by atoms with van der Waals surface area (Å²) < 4.78 is 0. The first-order valence-electron chi connectivity index (χ1n) is 3.06. The molecule has 2 rings (SSSR count). The van der Waals surface area contributed by atoms with Crippen LogP contribution in [-0.4, -0.2) is 19.9 Å². The van der Waals surface area contributed by atoms with Crippen molar-refractivity contribution >= 4 is 34.2 Å². The maximum absolute atomic E-state index is 5.55. The van der Waals surface area contributed by atoms with Gasteiger partial charge >= 0.3 is 0 Å². The number of rotatable bonds is 0. The molecule has 0 fully saturated rings. The Labute approximate surface area is 77.6 Å². The van der Waals surface area contributed by atoms with Crippen molar-refractivity contribution in [2.75, 3.05) is 0 Å². The Balaban J connectivity index is 2.79. The fourth-order valence-electron chi connectivity index (χ4n) is 0.790. The van der Waals surface area contributed by atoms with Gasteiger partial charge < -0.3 is 0 Å². The highest BCUT2D eigenvalue weighted by atomic mass is 35.5. The number of hydrogen-bond acceptors (Lipinski definition) is 4. The van der Waals surface area contributed by atoms with Gasteiger partial charge in [0.15, 0.2) is 0 Å². The van der Waals surface area contributed by atoms with Gasteiger partial charge in [-0.3, -0.25) is 0 Å². The van der Waals surface area contributed by atoms with Crippen molar-refractivity contribution in [3.63, 3.8) is 0 Å². The van der Waals surface area contributed by atoms with E-state index in [0.717, 1.165) is 0 Å². The molecule has 60 valence electrons. The second-order valence-corrected chi connectivity index (χ2v) is 2.72. The zero-order chi connectivity index (χ0) is 8.55. The van der Waals surface area contributed by atoms with Crippen LogP contribution in [0.15, 0.2) is 12.4 Å². The minimum absolute atomic E-state index is 0.174. The first-order valence-corrected chi connectivity index (χ1v) is 3.82. The highest BCUT2D eigenvalue weighted by Crippen LogP contribution is 2.11. The van der Waals surface area contributed by atoms with Gasteiger partial charge in [-0.2, -0.15) is 0 Å². The van der Waals surface area contributed by atoms with Crippen molar-refractivity contribution in [2.45, 2.75) is 0 Å². The smallest absolute Gasteiger partial charge is 0.223 e. The molecule has 0 radical (unpaired) electrons. The number of hydrogen-bond donors (Lipinski definition) is 0. The van der Waals surface area contributed by atoms with Gasteiger partial charge in [-0.1, -0.05) is 0 Å². The molecule has 0 aliphatic carbocycles. The normalized spacial score (nSPS) is 10.5. The summed E-state index contributed by atoms with van der Waals surface area (Å²) in [6, 6.07) is 0. The average Bonchev–Trinajstić information content (AvgIpc) is 2.05. The largest absolute Gasteiger partial charge is 0.224 e. The molecular formula is C6H2Cl2N4. The summed E-state index contributed by atoms with van der Waals surface area (Å²) in [5.41, 5.74) is 1.17. The third-order valence-corrected chi connectivity index (χ3v) is 1.64. The molecule has 6 heteroatoms. The molecule has 0 N–H and O–H groups in total. The van der Waals surface area contributed by atoms with E-state index in [1.54, 1.807) is 0 Å². The Kier molecular flexibility index (Phi) is 1.78. The van der Waals surface area contributed by atoms with Gasteiger partial charge in [0, 0.05) is 0 Å². The first kappa shape index (κ1) is 7.64. The van der Waals surface area contributed by atoms with Crippen LogP contribution >= 0.6 is 23.2 Å². The minimum atomic E-state index is 0.174. The van der Waals surface area contributed by atoms with E-state index >= 15 is 0 Å². The molecule has 0 amide bonds. The van der Waals surface area contributed by atoms with Crippen LogP contribution in [-0.2, 0) is 0 Å². The fourth-order valence-corrected chi connectivity index (χ4v) is 1.07. The summed E-state index contributed by atoms with van der Waals surface area (Å²) in [7, 11) is 0. The standard InChI is InChI=1S/C6H2Cl2N4/c7-5-9-1-3-4(12-5)2-10-6(8)11-3/h1-2H. The number of halogens is 2. The highest BCUT2D eigenvalue weighted by molar-refractivity contribution is 6.29. The predicted molar refractivity (Wildman–Crippen MR) is 45.1 cm³/mol. The van der Waals surface area contributed by atoms with Crippen molar-refractivity contribution in [3.05, 3.63) is 23.0 Å². The topological polar surface area (TPSA) is 51.6 Å². The van der Waals surface area contributed by atoms with E-state index in [-0.39, 0.29) is 10.6 Å². The predicted octanol–water partition coefficient (Wildman–Crippen LogP) is 1.73. The molecule has 4 nitrogen and oxygen atoms in total. The lowest BCUT2D eigenvalue weighted by atomic mass is 10.4. The van der Waals surface area contributed by atoms with Crippen LogP contribution in [0.5, 0.6) is 0 Å². The quantitative estimate of drug-likeness (QED) is 0.609. The molecule has 0 aliphatic heterocycles. The van der Waals surface area contributed by atoms with E-state index in [2.05, 4.69) is 19.9 Å². The molecule has 2 aromatic rings. The molecule has 0 bridgehead atoms. The lowest BCUT2D eigenvalue weighted by molar-refractivity contribution is 1.15. The maximum atomic E-state index is 5.55. The summed E-state index contributed by atoms with van der Waals surface area (Å²) >= 11 is 11.1. The van der Waals surface area contributed by atoms with Crippen molar-refractivity contribution in [1.29, 1.82) is 0 Å². The average molecular weight is 201 g/mol. The van der Waals surface area contributed by atoms with Gasteiger partial charge in [0.2, 0.25) is 10.6 Å². The van der Waals surface area contributed by atoms with Gasteiger partial charge in [0.1, 0.15) is 11.0 Å². The second kappa shape index (κ2) is 2.80. The van der Waals surface area contributed by atoms with Crippen LogP contribution in [0.2, 0.25) is 10.6 Å². The lowest BCUT2D eigenvalue weighted by Gasteiger charge is -1.94.